The Balaban J connectivity index is 1.50. The normalized spacial score (nSPS) is 17.4. The number of benzene rings is 1. The summed E-state index contributed by atoms with van der Waals surface area (Å²) < 4.78 is 27.7. The number of hydrogen-bond donors (Lipinski definition) is 2. The smallest absolute Gasteiger partial charge is 0.309 e. The van der Waals surface area contributed by atoms with Crippen molar-refractivity contribution in [1.29, 1.82) is 0 Å². The van der Waals surface area contributed by atoms with E-state index in [9.17, 15) is 18.0 Å². The van der Waals surface area contributed by atoms with Crippen molar-refractivity contribution in [3.05, 3.63) is 52.9 Å². The van der Waals surface area contributed by atoms with Gasteiger partial charge in [-0.2, -0.15) is 4.31 Å². The molecule has 0 unspecified atom stereocenters. The predicted molar refractivity (Wildman–Crippen MR) is 117 cm³/mol. The standard InChI is InChI=1S/C21H27N3O4S2/c1-16-7-2-3-8-17(16)15-23-21(26)20(25)22-12-11-18-9-4-5-13-24(18)30(27,28)19-10-6-14-29-19/h2-3,6-8,10,14,18H,4-5,9,11-13,15H2,1H3,(H,22,25)(H,23,26)/t18-/m0/s1. The summed E-state index contributed by atoms with van der Waals surface area (Å²) in [7, 11) is -3.52. The third kappa shape index (κ3) is 5.47. The molecule has 0 aliphatic carbocycles. The quantitative estimate of drug-likeness (QED) is 0.635. The highest BCUT2D eigenvalue weighted by molar-refractivity contribution is 7.91. The van der Waals surface area contributed by atoms with Gasteiger partial charge in [0.15, 0.2) is 0 Å². The molecule has 9 heteroatoms. The van der Waals surface area contributed by atoms with Crippen LogP contribution in [0.25, 0.3) is 0 Å². The molecule has 2 heterocycles. The summed E-state index contributed by atoms with van der Waals surface area (Å²) in [5.74, 6) is -1.39. The maximum atomic E-state index is 12.9. The predicted octanol–water partition coefficient (Wildman–Crippen LogP) is 2.42. The molecule has 1 atom stereocenters. The van der Waals surface area contributed by atoms with Gasteiger partial charge in [0.2, 0.25) is 0 Å². The third-order valence-corrected chi connectivity index (χ3v) is 8.63. The molecule has 3 rings (SSSR count). The molecule has 1 aromatic heterocycles. The van der Waals surface area contributed by atoms with Crippen molar-refractivity contribution in [3.8, 4) is 0 Å². The number of sulfonamides is 1. The summed E-state index contributed by atoms with van der Waals surface area (Å²) in [6.45, 7) is 2.96. The van der Waals surface area contributed by atoms with Gasteiger partial charge in [0.05, 0.1) is 0 Å². The average Bonchev–Trinajstić information content (AvgIpc) is 3.29. The van der Waals surface area contributed by atoms with Crippen LogP contribution in [0, 0.1) is 6.92 Å². The number of nitrogens with zero attached hydrogens (tertiary/aromatic N) is 1. The van der Waals surface area contributed by atoms with Crippen molar-refractivity contribution in [1.82, 2.24) is 14.9 Å². The van der Waals surface area contributed by atoms with Crippen LogP contribution in [0.1, 0.15) is 36.8 Å². The molecule has 7 nitrogen and oxygen atoms in total. The SMILES string of the molecule is Cc1ccccc1CNC(=O)C(=O)NCC[C@@H]1CCCCN1S(=O)(=O)c1cccs1. The molecule has 30 heavy (non-hydrogen) atoms. The van der Waals surface area contributed by atoms with Crippen LogP contribution in [-0.2, 0) is 26.2 Å². The second-order valence-electron chi connectivity index (χ2n) is 7.35. The highest BCUT2D eigenvalue weighted by Crippen LogP contribution is 2.29. The van der Waals surface area contributed by atoms with Crippen LogP contribution in [-0.4, -0.2) is 43.7 Å². The van der Waals surface area contributed by atoms with E-state index in [4.69, 9.17) is 0 Å². The molecule has 0 spiro atoms. The molecular formula is C21H27N3O4S2. The minimum atomic E-state index is -3.52. The first-order valence-corrected chi connectivity index (χ1v) is 12.4. The molecule has 0 radical (unpaired) electrons. The van der Waals surface area contributed by atoms with E-state index in [0.717, 1.165) is 30.4 Å². The zero-order valence-electron chi connectivity index (χ0n) is 17.0. The Bertz CT molecular complexity index is 974. The van der Waals surface area contributed by atoms with Gasteiger partial charge in [-0.05, 0) is 48.8 Å². The summed E-state index contributed by atoms with van der Waals surface area (Å²) >= 11 is 1.21. The van der Waals surface area contributed by atoms with Crippen molar-refractivity contribution >= 4 is 33.2 Å². The summed E-state index contributed by atoms with van der Waals surface area (Å²) in [5, 5.41) is 6.99. The summed E-state index contributed by atoms with van der Waals surface area (Å²) in [6, 6.07) is 10.8. The van der Waals surface area contributed by atoms with Gasteiger partial charge in [-0.25, -0.2) is 8.42 Å². The Kier molecular flexibility index (Phi) is 7.63. The first-order chi connectivity index (χ1) is 14.4. The maximum absolute atomic E-state index is 12.9. The van der Waals surface area contributed by atoms with E-state index in [-0.39, 0.29) is 19.1 Å². The minimum absolute atomic E-state index is 0.179. The molecule has 1 saturated heterocycles. The first-order valence-electron chi connectivity index (χ1n) is 10.1. The monoisotopic (exact) mass is 449 g/mol. The largest absolute Gasteiger partial charge is 0.348 e. The Morgan fingerprint density at radius 2 is 1.87 bits per heavy atom. The molecule has 2 aromatic rings. The molecule has 1 aliphatic rings. The molecule has 1 aliphatic heterocycles. The molecule has 2 amide bonds. The molecule has 0 bridgehead atoms. The van der Waals surface area contributed by atoms with Crippen LogP contribution in [0.4, 0.5) is 0 Å². The number of rotatable bonds is 7. The van der Waals surface area contributed by atoms with E-state index in [0.29, 0.717) is 17.2 Å². The molecular weight excluding hydrogens is 422 g/mol. The Labute approximate surface area is 181 Å². The molecule has 1 fully saturated rings. The number of piperidine rings is 1. The Morgan fingerprint density at radius 1 is 1.10 bits per heavy atom. The van der Waals surface area contributed by atoms with Gasteiger partial charge in [-0.15, -0.1) is 11.3 Å². The van der Waals surface area contributed by atoms with E-state index >= 15 is 0 Å². The second kappa shape index (κ2) is 10.2. The van der Waals surface area contributed by atoms with Crippen molar-refractivity contribution in [3.63, 3.8) is 0 Å². The second-order valence-corrected chi connectivity index (χ2v) is 10.4. The van der Waals surface area contributed by atoms with E-state index in [1.54, 1.807) is 21.8 Å². The lowest BCUT2D eigenvalue weighted by Crippen LogP contribution is -2.46. The number of amides is 2. The number of thiophene rings is 1. The lowest BCUT2D eigenvalue weighted by Gasteiger charge is -2.34. The number of nitrogens with one attached hydrogen (secondary N) is 2. The Morgan fingerprint density at radius 3 is 2.60 bits per heavy atom. The lowest BCUT2D eigenvalue weighted by atomic mass is 10.0. The van der Waals surface area contributed by atoms with E-state index < -0.39 is 21.8 Å². The first kappa shape index (κ1) is 22.5. The van der Waals surface area contributed by atoms with Gasteiger partial charge in [-0.1, -0.05) is 36.8 Å². The number of hydrogen-bond acceptors (Lipinski definition) is 5. The summed E-state index contributed by atoms with van der Waals surface area (Å²) in [6.07, 6.45) is 3.00. The van der Waals surface area contributed by atoms with Gasteiger partial charge in [0.1, 0.15) is 4.21 Å². The highest BCUT2D eigenvalue weighted by atomic mass is 32.2. The molecule has 2 N–H and O–H groups in total. The topological polar surface area (TPSA) is 95.6 Å². The molecule has 0 saturated carbocycles. The number of carbonyl (C=O) groups excluding carboxylic acids is 2. The van der Waals surface area contributed by atoms with Crippen molar-refractivity contribution in [2.24, 2.45) is 0 Å². The van der Waals surface area contributed by atoms with E-state index in [2.05, 4.69) is 10.6 Å². The summed E-state index contributed by atoms with van der Waals surface area (Å²) in [4.78, 5) is 24.2. The van der Waals surface area contributed by atoms with Crippen LogP contribution in [0.15, 0.2) is 46.0 Å². The van der Waals surface area contributed by atoms with Crippen LogP contribution in [0.5, 0.6) is 0 Å². The molecule has 162 valence electrons. The minimum Gasteiger partial charge on any atom is -0.348 e. The Hall–Kier alpha value is -2.23. The fraction of sp³-hybridized carbons (Fsp3) is 0.429. The van der Waals surface area contributed by atoms with E-state index in [1.807, 2.05) is 31.2 Å². The zero-order valence-corrected chi connectivity index (χ0v) is 18.6. The van der Waals surface area contributed by atoms with Gasteiger partial charge < -0.3 is 10.6 Å². The van der Waals surface area contributed by atoms with Gasteiger partial charge in [0, 0.05) is 25.7 Å². The van der Waals surface area contributed by atoms with Crippen molar-refractivity contribution < 1.29 is 18.0 Å². The maximum Gasteiger partial charge on any atom is 0.309 e. The van der Waals surface area contributed by atoms with Crippen LogP contribution in [0.3, 0.4) is 0 Å². The number of aryl methyl sites for hydroxylation is 1. The van der Waals surface area contributed by atoms with Gasteiger partial charge in [0.25, 0.3) is 10.0 Å². The van der Waals surface area contributed by atoms with Crippen molar-refractivity contribution in [2.75, 3.05) is 13.1 Å². The van der Waals surface area contributed by atoms with Crippen LogP contribution < -0.4 is 10.6 Å². The van der Waals surface area contributed by atoms with Crippen LogP contribution in [0.2, 0.25) is 0 Å². The highest BCUT2D eigenvalue weighted by Gasteiger charge is 2.33. The zero-order chi connectivity index (χ0) is 21.6. The van der Waals surface area contributed by atoms with Gasteiger partial charge >= 0.3 is 11.8 Å². The fourth-order valence-electron chi connectivity index (χ4n) is 3.60. The third-order valence-electron chi connectivity index (χ3n) is 5.30. The van der Waals surface area contributed by atoms with E-state index in [1.165, 1.54) is 11.3 Å². The molecule has 1 aromatic carbocycles. The number of carbonyl (C=O) groups is 2. The lowest BCUT2D eigenvalue weighted by molar-refractivity contribution is -0.139. The van der Waals surface area contributed by atoms with Crippen molar-refractivity contribution in [2.45, 2.75) is 49.4 Å². The summed E-state index contributed by atoms with van der Waals surface area (Å²) in [5.41, 5.74) is 2.00. The van der Waals surface area contributed by atoms with Gasteiger partial charge in [-0.3, -0.25) is 9.59 Å². The van der Waals surface area contributed by atoms with Crippen LogP contribution >= 0.6 is 11.3 Å². The average molecular weight is 450 g/mol. The fourth-order valence-corrected chi connectivity index (χ4v) is 6.44.